The molecule has 3 atom stereocenters. The van der Waals surface area contributed by atoms with Gasteiger partial charge in [0.1, 0.15) is 0 Å². The molecule has 2 heteroatoms. The molecule has 3 aliphatic rings. The summed E-state index contributed by atoms with van der Waals surface area (Å²) in [4.78, 5) is 0. The first-order valence-electron chi connectivity index (χ1n) is 3.29. The van der Waals surface area contributed by atoms with Gasteiger partial charge in [-0.1, -0.05) is 0 Å². The maximum atomic E-state index is 9.07. The van der Waals surface area contributed by atoms with Crippen molar-refractivity contribution in [3.05, 3.63) is 0 Å². The second-order valence-electron chi connectivity index (χ2n) is 2.92. The smallest absolute Gasteiger partial charge is 0.0569 e. The first kappa shape index (κ1) is 4.77. The lowest BCUT2D eigenvalue weighted by atomic mass is 9.81. The second-order valence-corrected chi connectivity index (χ2v) is 2.92. The van der Waals surface area contributed by atoms with Crippen molar-refractivity contribution in [2.75, 3.05) is 0 Å². The van der Waals surface area contributed by atoms with Crippen LogP contribution in [0.15, 0.2) is 0 Å². The molecule has 2 nitrogen and oxygen atoms in total. The molecule has 46 valence electrons. The number of nitrogens with one attached hydrogen (secondary N) is 1. The first-order valence-corrected chi connectivity index (χ1v) is 3.29. The average Bonchev–Trinajstić information content (AvgIpc) is 1.62. The van der Waals surface area contributed by atoms with Crippen LogP contribution in [0.5, 0.6) is 0 Å². The van der Waals surface area contributed by atoms with Gasteiger partial charge in [-0.3, -0.25) is 0 Å². The van der Waals surface area contributed by atoms with Crippen LogP contribution in [0.1, 0.15) is 19.3 Å². The van der Waals surface area contributed by atoms with Crippen LogP contribution in [0.4, 0.5) is 0 Å². The Labute approximate surface area is 48.9 Å². The molecule has 2 aliphatic heterocycles. The number of aliphatic hydroxyl groups is 1. The van der Waals surface area contributed by atoms with Gasteiger partial charge in [-0.2, -0.15) is 0 Å². The van der Waals surface area contributed by atoms with Gasteiger partial charge in [0.25, 0.3) is 0 Å². The normalized spacial score (nSPS) is 52.9. The van der Waals surface area contributed by atoms with E-state index in [0.717, 1.165) is 12.8 Å². The highest BCUT2D eigenvalue weighted by Gasteiger charge is 2.36. The Balaban J connectivity index is 1.97. The van der Waals surface area contributed by atoms with E-state index >= 15 is 0 Å². The molecule has 2 saturated heterocycles. The van der Waals surface area contributed by atoms with Gasteiger partial charge in [0.05, 0.1) is 6.10 Å². The van der Waals surface area contributed by atoms with Crippen molar-refractivity contribution in [2.45, 2.75) is 37.5 Å². The van der Waals surface area contributed by atoms with Crippen LogP contribution in [0.3, 0.4) is 0 Å². The maximum absolute atomic E-state index is 9.07. The van der Waals surface area contributed by atoms with Gasteiger partial charge >= 0.3 is 0 Å². The van der Waals surface area contributed by atoms with Gasteiger partial charge in [-0.25, -0.2) is 0 Å². The second kappa shape index (κ2) is 1.45. The molecule has 1 saturated carbocycles. The zero-order chi connectivity index (χ0) is 5.56. The number of hydrogen-bond donors (Lipinski definition) is 2. The minimum atomic E-state index is -0.000000000000000444. The summed E-state index contributed by atoms with van der Waals surface area (Å²) in [5, 5.41) is 12.4. The Bertz CT molecular complexity index is 88.7. The SMILES string of the molecule is OC1C[C@@H]2C[C@H](C1)N2. The lowest BCUT2D eigenvalue weighted by molar-refractivity contribution is 0.0392. The Morgan fingerprint density at radius 3 is 1.88 bits per heavy atom. The summed E-state index contributed by atoms with van der Waals surface area (Å²) in [5.41, 5.74) is 0. The molecule has 3 fully saturated rings. The number of piperidine rings is 1. The molecule has 0 amide bonds. The summed E-state index contributed by atoms with van der Waals surface area (Å²) in [5.74, 6) is 0. The van der Waals surface area contributed by atoms with Crippen LogP contribution in [0, 0.1) is 0 Å². The lowest BCUT2D eigenvalue weighted by Crippen LogP contribution is -2.59. The van der Waals surface area contributed by atoms with E-state index in [1.165, 1.54) is 6.42 Å². The average molecular weight is 113 g/mol. The maximum Gasteiger partial charge on any atom is 0.0569 e. The van der Waals surface area contributed by atoms with Gasteiger partial charge in [-0.05, 0) is 19.3 Å². The number of fused-ring (bicyclic) bond motifs is 2. The molecule has 0 radical (unpaired) electrons. The van der Waals surface area contributed by atoms with Crippen LogP contribution in [-0.4, -0.2) is 23.3 Å². The Morgan fingerprint density at radius 2 is 1.62 bits per heavy atom. The van der Waals surface area contributed by atoms with Crippen LogP contribution >= 0.6 is 0 Å². The fourth-order valence-corrected chi connectivity index (χ4v) is 1.73. The van der Waals surface area contributed by atoms with Crippen LogP contribution < -0.4 is 5.32 Å². The van der Waals surface area contributed by atoms with Crippen molar-refractivity contribution in [1.29, 1.82) is 0 Å². The molecule has 8 heavy (non-hydrogen) atoms. The fraction of sp³-hybridized carbons (Fsp3) is 1.00. The van der Waals surface area contributed by atoms with Gasteiger partial charge < -0.3 is 10.4 Å². The van der Waals surface area contributed by atoms with E-state index in [9.17, 15) is 0 Å². The molecule has 0 aromatic carbocycles. The van der Waals surface area contributed by atoms with Crippen molar-refractivity contribution >= 4 is 0 Å². The molecule has 2 N–H and O–H groups in total. The summed E-state index contributed by atoms with van der Waals surface area (Å²) in [7, 11) is 0. The van der Waals surface area contributed by atoms with Gasteiger partial charge in [0.2, 0.25) is 0 Å². The summed E-state index contributed by atoms with van der Waals surface area (Å²) in [6, 6.07) is 1.31. The zero-order valence-corrected chi connectivity index (χ0v) is 4.80. The highest BCUT2D eigenvalue weighted by atomic mass is 16.3. The Kier molecular flexibility index (Phi) is 0.866. The summed E-state index contributed by atoms with van der Waals surface area (Å²) >= 11 is 0. The molecule has 1 unspecified atom stereocenters. The van der Waals surface area contributed by atoms with E-state index in [4.69, 9.17) is 5.11 Å². The lowest BCUT2D eigenvalue weighted by Gasteiger charge is -2.44. The van der Waals surface area contributed by atoms with E-state index in [1.807, 2.05) is 0 Å². The summed E-state index contributed by atoms with van der Waals surface area (Å²) < 4.78 is 0. The van der Waals surface area contributed by atoms with Gasteiger partial charge in [0.15, 0.2) is 0 Å². The molecule has 2 heterocycles. The summed E-state index contributed by atoms with van der Waals surface area (Å²) in [6.07, 6.45) is 3.27. The molecule has 1 aliphatic carbocycles. The van der Waals surface area contributed by atoms with Crippen LogP contribution in [-0.2, 0) is 0 Å². The third-order valence-corrected chi connectivity index (χ3v) is 2.15. The van der Waals surface area contributed by atoms with E-state index in [1.54, 1.807) is 0 Å². The molecule has 3 rings (SSSR count). The van der Waals surface area contributed by atoms with E-state index in [2.05, 4.69) is 5.32 Å². The largest absolute Gasteiger partial charge is 0.393 e. The van der Waals surface area contributed by atoms with Gasteiger partial charge in [0, 0.05) is 12.1 Å². The highest BCUT2D eigenvalue weighted by Crippen LogP contribution is 2.27. The third kappa shape index (κ3) is 0.565. The van der Waals surface area contributed by atoms with Gasteiger partial charge in [-0.15, -0.1) is 0 Å². The summed E-state index contributed by atoms with van der Waals surface area (Å²) in [6.45, 7) is 0. The van der Waals surface area contributed by atoms with Crippen LogP contribution in [0.25, 0.3) is 0 Å². The van der Waals surface area contributed by atoms with E-state index < -0.39 is 0 Å². The third-order valence-electron chi connectivity index (χ3n) is 2.15. The molecule has 2 bridgehead atoms. The van der Waals surface area contributed by atoms with Crippen LogP contribution in [0.2, 0.25) is 0 Å². The molecule has 0 aromatic rings. The van der Waals surface area contributed by atoms with E-state index in [0.29, 0.717) is 12.1 Å². The molecule has 0 spiro atoms. The fourth-order valence-electron chi connectivity index (χ4n) is 1.73. The highest BCUT2D eigenvalue weighted by molar-refractivity contribution is 4.96. The minimum Gasteiger partial charge on any atom is -0.393 e. The first-order chi connectivity index (χ1) is 3.84. The standard InChI is InChI=1S/C6H11NO/c8-6-2-4-1-5(3-6)7-4/h4-8H,1-3H2/t4-,5+,6?. The topological polar surface area (TPSA) is 32.3 Å². The Morgan fingerprint density at radius 1 is 1.12 bits per heavy atom. The van der Waals surface area contributed by atoms with E-state index in [-0.39, 0.29) is 6.10 Å². The molecular formula is C6H11NO. The van der Waals surface area contributed by atoms with Crippen molar-refractivity contribution < 1.29 is 5.11 Å². The number of aliphatic hydroxyl groups excluding tert-OH is 1. The van der Waals surface area contributed by atoms with Crippen molar-refractivity contribution in [3.8, 4) is 0 Å². The molecule has 0 aromatic heterocycles. The quantitative estimate of drug-likeness (QED) is 0.458. The predicted octanol–water partition coefficient (Wildman–Crippen LogP) is -0.128. The van der Waals surface area contributed by atoms with Crippen molar-refractivity contribution in [3.63, 3.8) is 0 Å². The monoisotopic (exact) mass is 113 g/mol. The Hall–Kier alpha value is -0.0800. The molecular weight excluding hydrogens is 102 g/mol. The zero-order valence-electron chi connectivity index (χ0n) is 4.80. The van der Waals surface area contributed by atoms with Crippen molar-refractivity contribution in [1.82, 2.24) is 5.32 Å². The van der Waals surface area contributed by atoms with Crippen molar-refractivity contribution in [2.24, 2.45) is 0 Å². The number of hydrogen-bond acceptors (Lipinski definition) is 2. The number of rotatable bonds is 0. The predicted molar refractivity (Wildman–Crippen MR) is 30.6 cm³/mol. The minimum absolute atomic E-state index is 0.000000000000000444.